The molecule has 1 saturated heterocycles. The highest BCUT2D eigenvalue weighted by Crippen LogP contribution is 2.36. The van der Waals surface area contributed by atoms with Gasteiger partial charge in [-0.25, -0.2) is 4.68 Å². The minimum Gasteiger partial charge on any atom is -0.350 e. The number of nitro groups is 1. The van der Waals surface area contributed by atoms with Crippen LogP contribution >= 0.6 is 0 Å². The van der Waals surface area contributed by atoms with Crippen LogP contribution in [0.3, 0.4) is 0 Å². The van der Waals surface area contributed by atoms with Crippen molar-refractivity contribution in [2.45, 2.75) is 45.1 Å². The van der Waals surface area contributed by atoms with Gasteiger partial charge < -0.3 is 9.47 Å². The van der Waals surface area contributed by atoms with Gasteiger partial charge in [0.2, 0.25) is 5.82 Å². The summed E-state index contributed by atoms with van der Waals surface area (Å²) in [5.74, 6) is 2.97. The largest absolute Gasteiger partial charge is 0.350 e. The molecular weight excluding hydrogens is 310 g/mol. The van der Waals surface area contributed by atoms with E-state index in [1.807, 2.05) is 0 Å². The molecule has 2 aliphatic heterocycles. The molecule has 0 amide bonds. The summed E-state index contributed by atoms with van der Waals surface area (Å²) in [5, 5.41) is 24.4. The van der Waals surface area contributed by atoms with Gasteiger partial charge in [0.15, 0.2) is 0 Å². The van der Waals surface area contributed by atoms with E-state index in [0.717, 1.165) is 57.0 Å². The van der Waals surface area contributed by atoms with Crippen molar-refractivity contribution in [1.29, 1.82) is 0 Å². The average molecular weight is 331 g/mol. The van der Waals surface area contributed by atoms with E-state index in [-0.39, 0.29) is 16.5 Å². The van der Waals surface area contributed by atoms with Crippen molar-refractivity contribution in [2.24, 2.45) is 7.05 Å². The fourth-order valence-electron chi connectivity index (χ4n) is 4.06. The lowest BCUT2D eigenvalue weighted by Gasteiger charge is -2.33. The molecular formula is C15H21N7O2. The van der Waals surface area contributed by atoms with Crippen LogP contribution in [0, 0.1) is 17.0 Å². The molecule has 0 N–H and O–H groups in total. The van der Waals surface area contributed by atoms with Crippen LogP contribution in [0.15, 0.2) is 0 Å². The summed E-state index contributed by atoms with van der Waals surface area (Å²) in [6, 6.07) is 0. The summed E-state index contributed by atoms with van der Waals surface area (Å²) in [5.41, 5.74) is 0.576. The maximum atomic E-state index is 11.5. The van der Waals surface area contributed by atoms with E-state index in [9.17, 15) is 10.1 Å². The van der Waals surface area contributed by atoms with Crippen LogP contribution in [-0.4, -0.2) is 42.6 Å². The van der Waals surface area contributed by atoms with E-state index >= 15 is 0 Å². The molecule has 1 fully saturated rings. The molecule has 0 bridgehead atoms. The van der Waals surface area contributed by atoms with Crippen LogP contribution < -0.4 is 4.90 Å². The van der Waals surface area contributed by atoms with Crippen LogP contribution in [0.5, 0.6) is 0 Å². The lowest BCUT2D eigenvalue weighted by atomic mass is 9.97. The molecule has 4 rings (SSSR count). The number of hydrogen-bond acceptors (Lipinski definition) is 6. The molecule has 2 aliphatic rings. The fourth-order valence-corrected chi connectivity index (χ4v) is 4.06. The Morgan fingerprint density at radius 2 is 2.08 bits per heavy atom. The Morgan fingerprint density at radius 3 is 2.88 bits per heavy atom. The summed E-state index contributed by atoms with van der Waals surface area (Å²) in [6.07, 6.45) is 4.14. The van der Waals surface area contributed by atoms with Crippen molar-refractivity contribution in [1.82, 2.24) is 24.5 Å². The lowest BCUT2D eigenvalue weighted by molar-refractivity contribution is -0.384. The first-order valence-corrected chi connectivity index (χ1v) is 8.41. The molecule has 1 atom stereocenters. The SMILES string of the molecule is Cc1nn(C)c(N2CCCC(c3nnc4n3CCC4)C2)c1[N+](=O)[O-]. The molecule has 0 aromatic carbocycles. The summed E-state index contributed by atoms with van der Waals surface area (Å²) >= 11 is 0. The van der Waals surface area contributed by atoms with Gasteiger partial charge in [0.25, 0.3) is 0 Å². The molecule has 0 saturated carbocycles. The lowest BCUT2D eigenvalue weighted by Crippen LogP contribution is -2.36. The van der Waals surface area contributed by atoms with Crippen LogP contribution in [0.2, 0.25) is 0 Å². The van der Waals surface area contributed by atoms with Gasteiger partial charge >= 0.3 is 5.69 Å². The van der Waals surface area contributed by atoms with Gasteiger partial charge in [-0.3, -0.25) is 10.1 Å². The normalized spacial score (nSPS) is 20.4. The topological polar surface area (TPSA) is 94.9 Å². The minimum atomic E-state index is -0.323. The zero-order valence-electron chi connectivity index (χ0n) is 14.0. The summed E-state index contributed by atoms with van der Waals surface area (Å²) in [7, 11) is 1.77. The third-order valence-electron chi connectivity index (χ3n) is 5.07. The van der Waals surface area contributed by atoms with Gasteiger partial charge in [-0.2, -0.15) is 5.10 Å². The number of fused-ring (bicyclic) bond motifs is 1. The smallest absolute Gasteiger partial charge is 0.333 e. The summed E-state index contributed by atoms with van der Waals surface area (Å²) < 4.78 is 3.86. The van der Waals surface area contributed by atoms with Gasteiger partial charge in [0.05, 0.1) is 4.92 Å². The van der Waals surface area contributed by atoms with E-state index in [4.69, 9.17) is 0 Å². The molecule has 4 heterocycles. The molecule has 0 spiro atoms. The Morgan fingerprint density at radius 1 is 1.25 bits per heavy atom. The Labute approximate surface area is 139 Å². The summed E-state index contributed by atoms with van der Waals surface area (Å²) in [4.78, 5) is 13.2. The van der Waals surface area contributed by atoms with Crippen LogP contribution in [0.1, 0.15) is 42.5 Å². The maximum Gasteiger partial charge on any atom is 0.333 e. The predicted octanol–water partition coefficient (Wildman–Crippen LogP) is 1.56. The number of aryl methyl sites for hydroxylation is 3. The number of rotatable bonds is 3. The Kier molecular flexibility index (Phi) is 3.50. The fraction of sp³-hybridized carbons (Fsp3) is 0.667. The third-order valence-corrected chi connectivity index (χ3v) is 5.07. The highest BCUT2D eigenvalue weighted by atomic mass is 16.6. The Balaban J connectivity index is 1.65. The molecule has 128 valence electrons. The Hall–Kier alpha value is -2.45. The van der Waals surface area contributed by atoms with Crippen molar-refractivity contribution in [3.8, 4) is 0 Å². The number of anilines is 1. The first kappa shape index (κ1) is 15.1. The highest BCUT2D eigenvalue weighted by Gasteiger charge is 2.34. The molecule has 1 unspecified atom stereocenters. The second kappa shape index (κ2) is 5.57. The van der Waals surface area contributed by atoms with Crippen molar-refractivity contribution >= 4 is 11.5 Å². The van der Waals surface area contributed by atoms with Crippen LogP contribution in [-0.2, 0) is 20.0 Å². The second-order valence-corrected chi connectivity index (χ2v) is 6.65. The van der Waals surface area contributed by atoms with Gasteiger partial charge in [-0.05, 0) is 26.2 Å². The molecule has 9 nitrogen and oxygen atoms in total. The number of nitrogens with zero attached hydrogens (tertiary/aromatic N) is 7. The highest BCUT2D eigenvalue weighted by molar-refractivity contribution is 5.61. The molecule has 0 aliphatic carbocycles. The van der Waals surface area contributed by atoms with Gasteiger partial charge in [-0.1, -0.05) is 0 Å². The van der Waals surface area contributed by atoms with Crippen LogP contribution in [0.25, 0.3) is 0 Å². The number of piperidine rings is 1. The van der Waals surface area contributed by atoms with Crippen molar-refractivity contribution in [3.05, 3.63) is 27.5 Å². The molecule has 2 aromatic rings. The Bertz CT molecular complexity index is 794. The van der Waals surface area contributed by atoms with E-state index in [1.165, 1.54) is 0 Å². The van der Waals surface area contributed by atoms with Gasteiger partial charge in [-0.15, -0.1) is 10.2 Å². The van der Waals surface area contributed by atoms with Gasteiger partial charge in [0, 0.05) is 39.0 Å². The zero-order chi connectivity index (χ0) is 16.8. The van der Waals surface area contributed by atoms with E-state index in [1.54, 1.807) is 18.7 Å². The molecule has 24 heavy (non-hydrogen) atoms. The van der Waals surface area contributed by atoms with E-state index in [2.05, 4.69) is 24.8 Å². The third kappa shape index (κ3) is 2.26. The minimum absolute atomic E-state index is 0.115. The summed E-state index contributed by atoms with van der Waals surface area (Å²) in [6.45, 7) is 4.20. The monoisotopic (exact) mass is 331 g/mol. The number of hydrogen-bond donors (Lipinski definition) is 0. The standard InChI is InChI=1S/C15H21N7O2/c1-10-13(22(23)24)15(19(2)18-10)20-7-3-5-11(9-20)14-17-16-12-6-4-8-21(12)14/h11H,3-9H2,1-2H3. The van der Waals surface area contributed by atoms with E-state index in [0.29, 0.717) is 11.5 Å². The van der Waals surface area contributed by atoms with Crippen molar-refractivity contribution < 1.29 is 4.92 Å². The number of aromatic nitrogens is 5. The predicted molar refractivity (Wildman–Crippen MR) is 87.1 cm³/mol. The zero-order valence-corrected chi connectivity index (χ0v) is 14.0. The molecule has 2 aromatic heterocycles. The molecule has 9 heteroatoms. The van der Waals surface area contributed by atoms with Crippen molar-refractivity contribution in [2.75, 3.05) is 18.0 Å². The quantitative estimate of drug-likeness (QED) is 0.625. The van der Waals surface area contributed by atoms with Crippen LogP contribution in [0.4, 0.5) is 11.5 Å². The molecule has 0 radical (unpaired) electrons. The first-order chi connectivity index (χ1) is 11.6. The average Bonchev–Trinajstić information content (AvgIpc) is 3.21. The van der Waals surface area contributed by atoms with Gasteiger partial charge in [0.1, 0.15) is 17.3 Å². The van der Waals surface area contributed by atoms with E-state index < -0.39 is 0 Å². The first-order valence-electron chi connectivity index (χ1n) is 8.41. The van der Waals surface area contributed by atoms with Crippen molar-refractivity contribution in [3.63, 3.8) is 0 Å². The maximum absolute atomic E-state index is 11.5. The second-order valence-electron chi connectivity index (χ2n) is 6.65.